The predicted octanol–water partition coefficient (Wildman–Crippen LogP) is 5.02. The molecule has 0 bridgehead atoms. The molecule has 0 fully saturated rings. The summed E-state index contributed by atoms with van der Waals surface area (Å²) in [6, 6.07) is 18.8. The molecule has 3 aromatic carbocycles. The van der Waals surface area contributed by atoms with Crippen LogP contribution in [0.1, 0.15) is 21.5 Å². The Morgan fingerprint density at radius 3 is 2.42 bits per heavy atom. The van der Waals surface area contributed by atoms with Crippen molar-refractivity contribution in [3.05, 3.63) is 92.9 Å². The quantitative estimate of drug-likeness (QED) is 0.213. The van der Waals surface area contributed by atoms with Crippen LogP contribution in [0, 0.1) is 0 Å². The van der Waals surface area contributed by atoms with E-state index in [4.69, 9.17) is 21.1 Å². The molecular weight excluding hydrogens is 484 g/mol. The number of nitrogens with zero attached hydrogens (tertiary/aromatic N) is 1. The number of methoxy groups -OCH3 is 1. The van der Waals surface area contributed by atoms with Crippen LogP contribution in [0.15, 0.2) is 76.3 Å². The fourth-order valence-corrected chi connectivity index (χ4v) is 2.99. The van der Waals surface area contributed by atoms with Crippen molar-refractivity contribution in [3.8, 4) is 11.5 Å². The molecule has 0 aliphatic heterocycles. The molecule has 158 valence electrons. The van der Waals surface area contributed by atoms with Gasteiger partial charge < -0.3 is 9.47 Å². The van der Waals surface area contributed by atoms with Gasteiger partial charge in [-0.15, -0.1) is 0 Å². The van der Waals surface area contributed by atoms with E-state index in [1.807, 2.05) is 24.3 Å². The van der Waals surface area contributed by atoms with Crippen molar-refractivity contribution in [2.24, 2.45) is 5.10 Å². The van der Waals surface area contributed by atoms with Gasteiger partial charge >= 0.3 is 5.97 Å². The number of ether oxygens (including phenoxy) is 2. The van der Waals surface area contributed by atoms with Crippen LogP contribution in [0.5, 0.6) is 11.5 Å². The molecule has 0 atom stereocenters. The highest BCUT2D eigenvalue weighted by atomic mass is 79.9. The Morgan fingerprint density at radius 2 is 1.74 bits per heavy atom. The topological polar surface area (TPSA) is 77.0 Å². The van der Waals surface area contributed by atoms with Gasteiger partial charge in [0.15, 0.2) is 11.5 Å². The van der Waals surface area contributed by atoms with Gasteiger partial charge in [0.05, 0.1) is 25.3 Å². The molecule has 3 rings (SSSR count). The van der Waals surface area contributed by atoms with E-state index >= 15 is 0 Å². The summed E-state index contributed by atoms with van der Waals surface area (Å²) in [5, 5.41) is 4.50. The normalized spacial score (nSPS) is 10.7. The first kappa shape index (κ1) is 22.5. The third-order valence-corrected chi connectivity index (χ3v) is 4.93. The number of benzene rings is 3. The molecule has 0 saturated carbocycles. The molecule has 0 heterocycles. The zero-order valence-corrected chi connectivity index (χ0v) is 18.8. The molecular formula is C23H18BrClN2O4. The van der Waals surface area contributed by atoms with Gasteiger partial charge in [0, 0.05) is 9.50 Å². The molecule has 0 aliphatic rings. The van der Waals surface area contributed by atoms with Crippen molar-refractivity contribution >= 4 is 45.6 Å². The Morgan fingerprint density at radius 1 is 1.03 bits per heavy atom. The lowest BCUT2D eigenvalue weighted by Crippen LogP contribution is -2.19. The van der Waals surface area contributed by atoms with Gasteiger partial charge in [-0.2, -0.15) is 5.10 Å². The molecule has 0 saturated heterocycles. The van der Waals surface area contributed by atoms with E-state index in [0.717, 1.165) is 10.0 Å². The second-order valence-electron chi connectivity index (χ2n) is 6.40. The zero-order chi connectivity index (χ0) is 22.2. The van der Waals surface area contributed by atoms with Crippen LogP contribution >= 0.6 is 27.5 Å². The van der Waals surface area contributed by atoms with Gasteiger partial charge in [-0.3, -0.25) is 4.79 Å². The number of hydrogen-bond acceptors (Lipinski definition) is 5. The first-order valence-electron chi connectivity index (χ1n) is 9.17. The fraction of sp³-hybridized carbons (Fsp3) is 0.0870. The van der Waals surface area contributed by atoms with E-state index in [9.17, 15) is 9.59 Å². The molecule has 0 unspecified atom stereocenters. The Kier molecular flexibility index (Phi) is 7.81. The number of nitrogens with one attached hydrogen (secondary N) is 1. The van der Waals surface area contributed by atoms with Crippen LogP contribution in [-0.4, -0.2) is 25.2 Å². The molecule has 0 aromatic heterocycles. The van der Waals surface area contributed by atoms with Gasteiger partial charge in [-0.05, 0) is 65.7 Å². The maximum Gasteiger partial charge on any atom is 0.343 e. The summed E-state index contributed by atoms with van der Waals surface area (Å²) in [4.78, 5) is 24.3. The molecule has 1 amide bonds. The van der Waals surface area contributed by atoms with Crippen molar-refractivity contribution in [3.63, 3.8) is 0 Å². The number of hydrogen-bond donors (Lipinski definition) is 1. The molecule has 31 heavy (non-hydrogen) atoms. The highest BCUT2D eigenvalue weighted by molar-refractivity contribution is 9.10. The molecule has 0 aliphatic carbocycles. The minimum Gasteiger partial charge on any atom is -0.493 e. The van der Waals surface area contributed by atoms with E-state index in [2.05, 4.69) is 26.5 Å². The Balaban J connectivity index is 1.61. The van der Waals surface area contributed by atoms with Crippen molar-refractivity contribution in [2.75, 3.05) is 7.11 Å². The maximum absolute atomic E-state index is 12.3. The van der Waals surface area contributed by atoms with Gasteiger partial charge in [0.1, 0.15) is 0 Å². The summed E-state index contributed by atoms with van der Waals surface area (Å²) < 4.78 is 11.7. The van der Waals surface area contributed by atoms with Crippen LogP contribution in [0.25, 0.3) is 0 Å². The van der Waals surface area contributed by atoms with Crippen LogP contribution < -0.4 is 14.9 Å². The third kappa shape index (κ3) is 6.67. The lowest BCUT2D eigenvalue weighted by atomic mass is 10.1. The molecule has 6 nitrogen and oxygen atoms in total. The van der Waals surface area contributed by atoms with Crippen molar-refractivity contribution < 1.29 is 19.1 Å². The Bertz CT molecular complexity index is 1100. The second kappa shape index (κ2) is 10.7. The standard InChI is InChI=1S/C23H18BrClN2O4/c1-30-21-12-16(14-26-27-22(28)13-15-2-7-18(24)8-3-15)4-11-20(21)31-23(29)17-5-9-19(25)10-6-17/h2-12,14H,13H2,1H3,(H,27,28). The zero-order valence-electron chi connectivity index (χ0n) is 16.5. The minimum absolute atomic E-state index is 0.216. The SMILES string of the molecule is COc1cc(C=NNC(=O)Cc2ccc(Br)cc2)ccc1OC(=O)c1ccc(Cl)cc1. The highest BCUT2D eigenvalue weighted by Gasteiger charge is 2.13. The summed E-state index contributed by atoms with van der Waals surface area (Å²) in [5.74, 6) is -0.151. The van der Waals surface area contributed by atoms with E-state index in [-0.39, 0.29) is 18.1 Å². The summed E-state index contributed by atoms with van der Waals surface area (Å²) >= 11 is 9.19. The lowest BCUT2D eigenvalue weighted by molar-refractivity contribution is -0.120. The summed E-state index contributed by atoms with van der Waals surface area (Å²) in [7, 11) is 1.47. The Labute approximate surface area is 193 Å². The summed E-state index contributed by atoms with van der Waals surface area (Å²) in [6.45, 7) is 0. The average molecular weight is 502 g/mol. The van der Waals surface area contributed by atoms with Crippen molar-refractivity contribution in [2.45, 2.75) is 6.42 Å². The van der Waals surface area contributed by atoms with Gasteiger partial charge in [0.2, 0.25) is 5.91 Å². The fourth-order valence-electron chi connectivity index (χ4n) is 2.60. The smallest absolute Gasteiger partial charge is 0.343 e. The van der Waals surface area contributed by atoms with Gasteiger partial charge in [0.25, 0.3) is 0 Å². The molecule has 8 heteroatoms. The molecule has 3 aromatic rings. The van der Waals surface area contributed by atoms with E-state index in [1.54, 1.807) is 42.5 Å². The van der Waals surface area contributed by atoms with Crippen molar-refractivity contribution in [1.82, 2.24) is 5.43 Å². The summed E-state index contributed by atoms with van der Waals surface area (Å²) in [6.07, 6.45) is 1.69. The number of amides is 1. The third-order valence-electron chi connectivity index (χ3n) is 4.15. The second-order valence-corrected chi connectivity index (χ2v) is 7.76. The number of halogens is 2. The number of carbonyl (C=O) groups is 2. The molecule has 0 spiro atoms. The largest absolute Gasteiger partial charge is 0.493 e. The van der Waals surface area contributed by atoms with Crippen LogP contribution in [0.4, 0.5) is 0 Å². The van der Waals surface area contributed by atoms with E-state index < -0.39 is 5.97 Å². The number of carbonyl (C=O) groups excluding carboxylic acids is 2. The van der Waals surface area contributed by atoms with E-state index in [0.29, 0.717) is 21.9 Å². The molecule has 0 radical (unpaired) electrons. The van der Waals surface area contributed by atoms with Crippen LogP contribution in [0.3, 0.4) is 0 Å². The maximum atomic E-state index is 12.3. The van der Waals surface area contributed by atoms with Crippen molar-refractivity contribution in [1.29, 1.82) is 0 Å². The summed E-state index contributed by atoms with van der Waals surface area (Å²) in [5.41, 5.74) is 4.39. The average Bonchev–Trinajstić information content (AvgIpc) is 2.76. The Hall–Kier alpha value is -3.16. The predicted molar refractivity (Wildman–Crippen MR) is 123 cm³/mol. The number of esters is 1. The van der Waals surface area contributed by atoms with Crippen LogP contribution in [0.2, 0.25) is 5.02 Å². The molecule has 1 N–H and O–H groups in total. The number of rotatable bonds is 7. The van der Waals surface area contributed by atoms with E-state index in [1.165, 1.54) is 13.3 Å². The van der Waals surface area contributed by atoms with Crippen LogP contribution in [-0.2, 0) is 11.2 Å². The number of hydrazone groups is 1. The van der Waals surface area contributed by atoms with Gasteiger partial charge in [-0.25, -0.2) is 10.2 Å². The first-order valence-corrected chi connectivity index (χ1v) is 10.3. The lowest BCUT2D eigenvalue weighted by Gasteiger charge is -2.10. The minimum atomic E-state index is -0.531. The van der Waals surface area contributed by atoms with Gasteiger partial charge in [-0.1, -0.05) is 39.7 Å². The highest BCUT2D eigenvalue weighted by Crippen LogP contribution is 2.28. The first-order chi connectivity index (χ1) is 14.9. The monoisotopic (exact) mass is 500 g/mol.